The molecule has 0 spiro atoms. The van der Waals surface area contributed by atoms with Crippen LogP contribution in [0.3, 0.4) is 0 Å². The van der Waals surface area contributed by atoms with Gasteiger partial charge < -0.3 is 9.84 Å². The molecule has 0 amide bonds. The summed E-state index contributed by atoms with van der Waals surface area (Å²) in [7, 11) is 12.7. The van der Waals surface area contributed by atoms with Gasteiger partial charge in [0.1, 0.15) is 5.75 Å². The molecular formula is C22H42O3S6. The molecule has 1 unspecified atom stereocenters. The first-order valence-corrected chi connectivity index (χ1v) is 18.2. The van der Waals surface area contributed by atoms with Crippen LogP contribution in [-0.4, -0.2) is 53.7 Å². The van der Waals surface area contributed by atoms with E-state index in [0.29, 0.717) is 6.42 Å². The van der Waals surface area contributed by atoms with Gasteiger partial charge in [-0.3, -0.25) is 4.79 Å². The Morgan fingerprint density at radius 1 is 0.903 bits per heavy atom. The van der Waals surface area contributed by atoms with E-state index >= 15 is 0 Å². The van der Waals surface area contributed by atoms with E-state index in [2.05, 4.69) is 44.9 Å². The summed E-state index contributed by atoms with van der Waals surface area (Å²) in [5.74, 6) is 4.86. The predicted octanol–water partition coefficient (Wildman–Crippen LogP) is 8.58. The Morgan fingerprint density at radius 3 is 1.68 bits per heavy atom. The number of aromatic hydroxyl groups is 1. The molecule has 0 fully saturated rings. The number of methoxy groups -OCH3 is 1. The van der Waals surface area contributed by atoms with Crippen molar-refractivity contribution >= 4 is 70.7 Å². The Bertz CT molecular complexity index is 457. The molecule has 1 aromatic rings. The first-order valence-electron chi connectivity index (χ1n) is 10.3. The molecule has 9 heteroatoms. The average molecular weight is 547 g/mol. The van der Waals surface area contributed by atoms with Gasteiger partial charge in [-0.2, -0.15) is 0 Å². The third kappa shape index (κ3) is 30.6. The van der Waals surface area contributed by atoms with Gasteiger partial charge in [-0.25, -0.2) is 0 Å². The highest BCUT2D eigenvalue weighted by molar-refractivity contribution is 8.77. The van der Waals surface area contributed by atoms with E-state index in [1.54, 1.807) is 24.3 Å². The molecule has 0 bridgehead atoms. The zero-order valence-electron chi connectivity index (χ0n) is 20.3. The van der Waals surface area contributed by atoms with Crippen molar-refractivity contribution in [3.05, 3.63) is 29.8 Å². The quantitative estimate of drug-likeness (QED) is 0.167. The highest BCUT2D eigenvalue weighted by atomic mass is 33.1. The standard InChI is InChI=1S/C11H14O3.2C4H10S2.C3H8S2/c1-8(11(13)14-2)7-9-3-5-10(12)6-4-9;1-3-4-6-5-2;1-3-5-6-4-2;1-3-5-4-2/h3-6,8,12H,7H2,1-2H3;2*3-4H2,1-2H3;3H2,1-2H3. The number of carbonyl (C=O) groups excluding carboxylic acids is 1. The van der Waals surface area contributed by atoms with E-state index in [-0.39, 0.29) is 17.6 Å². The summed E-state index contributed by atoms with van der Waals surface area (Å²) in [6, 6.07) is 6.82. The van der Waals surface area contributed by atoms with E-state index < -0.39 is 0 Å². The zero-order valence-corrected chi connectivity index (χ0v) is 25.2. The maximum Gasteiger partial charge on any atom is 0.308 e. The van der Waals surface area contributed by atoms with Crippen molar-refractivity contribution in [3.63, 3.8) is 0 Å². The molecule has 1 N–H and O–H groups in total. The third-order valence-electron chi connectivity index (χ3n) is 3.04. The van der Waals surface area contributed by atoms with Crippen molar-refractivity contribution in [2.24, 2.45) is 5.92 Å². The van der Waals surface area contributed by atoms with Crippen LogP contribution in [-0.2, 0) is 16.0 Å². The Hall–Kier alpha value is 0.590. The molecule has 184 valence electrons. The minimum absolute atomic E-state index is 0.149. The molecule has 0 aliphatic carbocycles. The van der Waals surface area contributed by atoms with Crippen molar-refractivity contribution < 1.29 is 14.6 Å². The van der Waals surface area contributed by atoms with Gasteiger partial charge in [0.2, 0.25) is 0 Å². The number of benzene rings is 1. The molecule has 0 saturated carbocycles. The number of phenolic OH excluding ortho intramolecular Hbond substituents is 1. The Labute approximate surface area is 215 Å². The second kappa shape index (κ2) is 30.6. The molecule has 0 aliphatic rings. The largest absolute Gasteiger partial charge is 0.508 e. The molecule has 0 radical (unpaired) electrons. The summed E-state index contributed by atoms with van der Waals surface area (Å²) < 4.78 is 4.62. The lowest BCUT2D eigenvalue weighted by atomic mass is 10.0. The first-order chi connectivity index (χ1) is 14.9. The van der Waals surface area contributed by atoms with Crippen LogP contribution < -0.4 is 0 Å². The number of carbonyl (C=O) groups is 1. The molecule has 0 heterocycles. The van der Waals surface area contributed by atoms with E-state index in [4.69, 9.17) is 5.11 Å². The van der Waals surface area contributed by atoms with Crippen LogP contribution in [0.15, 0.2) is 24.3 Å². The molecule has 1 atom stereocenters. The van der Waals surface area contributed by atoms with Gasteiger partial charge >= 0.3 is 5.97 Å². The highest BCUT2D eigenvalue weighted by Gasteiger charge is 2.13. The highest BCUT2D eigenvalue weighted by Crippen LogP contribution is 2.18. The lowest BCUT2D eigenvalue weighted by Crippen LogP contribution is -2.14. The summed E-state index contributed by atoms with van der Waals surface area (Å²) >= 11 is 0. The molecule has 31 heavy (non-hydrogen) atoms. The van der Waals surface area contributed by atoms with Gasteiger partial charge in [0.05, 0.1) is 13.0 Å². The van der Waals surface area contributed by atoms with Crippen molar-refractivity contribution in [2.45, 2.75) is 47.5 Å². The second-order valence-corrected chi connectivity index (χ2v) is 14.2. The minimum Gasteiger partial charge on any atom is -0.508 e. The zero-order chi connectivity index (χ0) is 24.3. The summed E-state index contributed by atoms with van der Waals surface area (Å²) in [4.78, 5) is 11.1. The van der Waals surface area contributed by atoms with Gasteiger partial charge in [0, 0.05) is 23.0 Å². The summed E-state index contributed by atoms with van der Waals surface area (Å²) in [6.07, 6.45) is 6.13. The summed E-state index contributed by atoms with van der Waals surface area (Å²) in [5, 5.41) is 9.05. The lowest BCUT2D eigenvalue weighted by molar-refractivity contribution is -0.144. The van der Waals surface area contributed by atoms with Crippen LogP contribution in [0.2, 0.25) is 0 Å². The number of phenols is 1. The van der Waals surface area contributed by atoms with E-state index in [0.717, 1.165) is 5.56 Å². The number of ether oxygens (including phenoxy) is 1. The predicted molar refractivity (Wildman–Crippen MR) is 157 cm³/mol. The van der Waals surface area contributed by atoms with Crippen LogP contribution in [0.1, 0.15) is 46.6 Å². The molecule has 0 aromatic heterocycles. The van der Waals surface area contributed by atoms with E-state index in [9.17, 15) is 4.79 Å². The molecule has 1 rings (SSSR count). The van der Waals surface area contributed by atoms with Gasteiger partial charge in [-0.05, 0) is 43.0 Å². The second-order valence-electron chi connectivity index (χ2n) is 5.67. The normalized spacial score (nSPS) is 10.3. The first kappa shape index (κ1) is 36.2. The number of hydrogen-bond acceptors (Lipinski definition) is 9. The average Bonchev–Trinajstić information content (AvgIpc) is 2.79. The molecule has 1 aromatic carbocycles. The van der Waals surface area contributed by atoms with E-state index in [1.165, 1.54) is 36.5 Å². The molecule has 0 aliphatic heterocycles. The van der Waals surface area contributed by atoms with Crippen LogP contribution in [0.25, 0.3) is 0 Å². The van der Waals surface area contributed by atoms with Crippen molar-refractivity contribution in [2.75, 3.05) is 42.6 Å². The van der Waals surface area contributed by atoms with Crippen LogP contribution in [0.5, 0.6) is 5.75 Å². The van der Waals surface area contributed by atoms with Gasteiger partial charge in [-0.15, -0.1) is 0 Å². The van der Waals surface area contributed by atoms with Crippen LogP contribution >= 0.6 is 64.8 Å². The van der Waals surface area contributed by atoms with Crippen LogP contribution in [0, 0.1) is 5.92 Å². The van der Waals surface area contributed by atoms with Crippen molar-refractivity contribution in [3.8, 4) is 5.75 Å². The molecule has 0 saturated heterocycles. The molecule has 3 nitrogen and oxygen atoms in total. The Kier molecular flexibility index (Phi) is 35.7. The SMILES string of the molecule is CCCSSC.CCSSC.CCSSCC.COC(=O)C(C)Cc1ccc(O)cc1. The fourth-order valence-corrected chi connectivity index (χ4v) is 5.33. The number of rotatable bonds is 11. The summed E-state index contributed by atoms with van der Waals surface area (Å²) in [6.45, 7) is 10.5. The fourth-order valence-electron chi connectivity index (χ4n) is 1.72. The van der Waals surface area contributed by atoms with E-state index in [1.807, 2.05) is 71.7 Å². The monoisotopic (exact) mass is 546 g/mol. The third-order valence-corrected chi connectivity index (χ3v) is 9.50. The van der Waals surface area contributed by atoms with Crippen LogP contribution in [0.4, 0.5) is 0 Å². The van der Waals surface area contributed by atoms with Crippen molar-refractivity contribution in [1.29, 1.82) is 0 Å². The summed E-state index contributed by atoms with van der Waals surface area (Å²) in [5.41, 5.74) is 1.01. The number of esters is 1. The number of hydrogen-bond donors (Lipinski definition) is 1. The maximum atomic E-state index is 11.1. The van der Waals surface area contributed by atoms with Gasteiger partial charge in [0.25, 0.3) is 0 Å². The van der Waals surface area contributed by atoms with Gasteiger partial charge in [-0.1, -0.05) is 112 Å². The minimum atomic E-state index is -0.210. The van der Waals surface area contributed by atoms with Crippen molar-refractivity contribution in [1.82, 2.24) is 0 Å². The molecular weight excluding hydrogens is 505 g/mol. The Morgan fingerprint density at radius 2 is 1.39 bits per heavy atom. The lowest BCUT2D eigenvalue weighted by Gasteiger charge is -2.08. The fraction of sp³-hybridized carbons (Fsp3) is 0.682. The smallest absolute Gasteiger partial charge is 0.308 e. The topological polar surface area (TPSA) is 46.5 Å². The Balaban J connectivity index is -0.000000386. The maximum absolute atomic E-state index is 11.1. The van der Waals surface area contributed by atoms with Gasteiger partial charge in [0.15, 0.2) is 0 Å².